The quantitative estimate of drug-likeness (QED) is 0.541. The fraction of sp³-hybridized carbons (Fsp3) is 0.889. The predicted octanol–water partition coefficient (Wildman–Crippen LogP) is 0.990. The highest BCUT2D eigenvalue weighted by molar-refractivity contribution is 5.80. The minimum atomic E-state index is 0.0572. The van der Waals surface area contributed by atoms with Gasteiger partial charge in [-0.25, -0.2) is 0 Å². The van der Waals surface area contributed by atoms with Crippen molar-refractivity contribution in [2.24, 2.45) is 5.92 Å². The van der Waals surface area contributed by atoms with E-state index in [1.807, 2.05) is 11.8 Å². The van der Waals surface area contributed by atoms with E-state index in [0.717, 1.165) is 12.8 Å². The third-order valence-corrected chi connectivity index (χ3v) is 2.83. The molecule has 3 atom stereocenters. The molecule has 0 bridgehead atoms. The van der Waals surface area contributed by atoms with Crippen molar-refractivity contribution in [1.29, 1.82) is 0 Å². The molecule has 2 fully saturated rings. The van der Waals surface area contributed by atoms with E-state index in [1.54, 1.807) is 0 Å². The molecule has 3 heteroatoms. The first-order chi connectivity index (χ1) is 5.70. The van der Waals surface area contributed by atoms with Crippen LogP contribution in [0, 0.1) is 5.92 Å². The van der Waals surface area contributed by atoms with E-state index < -0.39 is 0 Å². The summed E-state index contributed by atoms with van der Waals surface area (Å²) in [6.45, 7) is 4.63. The third-order valence-electron chi connectivity index (χ3n) is 2.83. The van der Waals surface area contributed by atoms with E-state index in [9.17, 15) is 4.79 Å². The van der Waals surface area contributed by atoms with E-state index in [-0.39, 0.29) is 18.1 Å². The van der Waals surface area contributed by atoms with Gasteiger partial charge in [-0.1, -0.05) is 6.92 Å². The molecule has 1 unspecified atom stereocenters. The molecule has 2 aliphatic heterocycles. The number of hydrogen-bond acceptors (Lipinski definition) is 2. The minimum absolute atomic E-state index is 0.0572. The topological polar surface area (TPSA) is 29.5 Å². The Morgan fingerprint density at radius 2 is 2.17 bits per heavy atom. The molecular formula is C9H15NO2. The number of fused-ring (bicyclic) bond motifs is 1. The maximum absolute atomic E-state index is 11.7. The van der Waals surface area contributed by atoms with Crippen LogP contribution in [-0.2, 0) is 9.53 Å². The predicted molar refractivity (Wildman–Crippen MR) is 44.4 cm³/mol. The van der Waals surface area contributed by atoms with Gasteiger partial charge in [-0.05, 0) is 19.8 Å². The summed E-state index contributed by atoms with van der Waals surface area (Å²) >= 11 is 0. The highest BCUT2D eigenvalue weighted by atomic mass is 16.5. The van der Waals surface area contributed by atoms with Crippen molar-refractivity contribution in [3.05, 3.63) is 0 Å². The Morgan fingerprint density at radius 1 is 1.42 bits per heavy atom. The van der Waals surface area contributed by atoms with Crippen LogP contribution in [0.3, 0.4) is 0 Å². The number of carbonyl (C=O) groups excluding carboxylic acids is 1. The summed E-state index contributed by atoms with van der Waals surface area (Å²) < 4.78 is 5.56. The van der Waals surface area contributed by atoms with E-state index in [1.165, 1.54) is 0 Å². The summed E-state index contributed by atoms with van der Waals surface area (Å²) in [5.41, 5.74) is 0. The van der Waals surface area contributed by atoms with Crippen molar-refractivity contribution in [2.75, 3.05) is 6.61 Å². The van der Waals surface area contributed by atoms with Crippen LogP contribution in [0.15, 0.2) is 0 Å². The zero-order valence-corrected chi connectivity index (χ0v) is 7.62. The number of hydrogen-bond donors (Lipinski definition) is 0. The lowest BCUT2D eigenvalue weighted by Gasteiger charge is -2.35. The van der Waals surface area contributed by atoms with E-state index >= 15 is 0 Å². The van der Waals surface area contributed by atoms with Gasteiger partial charge in [0.2, 0.25) is 5.91 Å². The standard InChI is InChI=1S/C9H15NO2/c1-6-5-12-8-4-3-7(2)10(8)9(6)11/h6-8H,3-5H2,1-2H3/t6-,7+,8?/m0/s1. The first kappa shape index (κ1) is 8.05. The lowest BCUT2D eigenvalue weighted by Crippen LogP contribution is -2.49. The zero-order valence-electron chi connectivity index (χ0n) is 7.62. The van der Waals surface area contributed by atoms with Gasteiger partial charge in [0.05, 0.1) is 12.5 Å². The second kappa shape index (κ2) is 2.73. The van der Waals surface area contributed by atoms with Crippen LogP contribution in [0.25, 0.3) is 0 Å². The summed E-state index contributed by atoms with van der Waals surface area (Å²) in [4.78, 5) is 13.6. The average molecular weight is 169 g/mol. The molecule has 0 aliphatic carbocycles. The number of nitrogens with zero attached hydrogens (tertiary/aromatic N) is 1. The highest BCUT2D eigenvalue weighted by Gasteiger charge is 2.40. The highest BCUT2D eigenvalue weighted by Crippen LogP contribution is 2.30. The first-order valence-electron chi connectivity index (χ1n) is 4.64. The van der Waals surface area contributed by atoms with Gasteiger partial charge >= 0.3 is 0 Å². The van der Waals surface area contributed by atoms with Crippen molar-refractivity contribution < 1.29 is 9.53 Å². The van der Waals surface area contributed by atoms with E-state index in [0.29, 0.717) is 12.6 Å². The number of ether oxygens (including phenoxy) is 1. The normalized spacial score (nSPS) is 41.7. The summed E-state index contributed by atoms with van der Waals surface area (Å²) in [6, 6.07) is 0.380. The van der Waals surface area contributed by atoms with Gasteiger partial charge in [0, 0.05) is 6.04 Å². The van der Waals surface area contributed by atoms with Gasteiger partial charge in [-0.3, -0.25) is 4.79 Å². The molecule has 0 saturated carbocycles. The lowest BCUT2D eigenvalue weighted by atomic mass is 10.1. The van der Waals surface area contributed by atoms with Crippen LogP contribution >= 0.6 is 0 Å². The average Bonchev–Trinajstić information content (AvgIpc) is 2.41. The summed E-state index contributed by atoms with van der Waals surface area (Å²) in [5.74, 6) is 0.332. The molecule has 2 aliphatic rings. The van der Waals surface area contributed by atoms with Gasteiger partial charge in [-0.15, -0.1) is 0 Å². The molecule has 3 nitrogen and oxygen atoms in total. The summed E-state index contributed by atoms with van der Waals surface area (Å²) in [5, 5.41) is 0. The monoisotopic (exact) mass is 169 g/mol. The zero-order chi connectivity index (χ0) is 8.72. The second-order valence-electron chi connectivity index (χ2n) is 3.86. The molecule has 2 saturated heterocycles. The maximum Gasteiger partial charge on any atom is 0.230 e. The van der Waals surface area contributed by atoms with Crippen LogP contribution < -0.4 is 0 Å². The van der Waals surface area contributed by atoms with Crippen molar-refractivity contribution in [3.63, 3.8) is 0 Å². The Balaban J connectivity index is 2.17. The molecule has 0 aromatic carbocycles. The Kier molecular flexibility index (Phi) is 1.83. The van der Waals surface area contributed by atoms with Gasteiger partial charge in [-0.2, -0.15) is 0 Å². The van der Waals surface area contributed by atoms with Crippen LogP contribution in [0.1, 0.15) is 26.7 Å². The van der Waals surface area contributed by atoms with Crippen molar-refractivity contribution in [2.45, 2.75) is 39.0 Å². The summed E-state index contributed by atoms with van der Waals surface area (Å²) in [6.07, 6.45) is 2.19. The van der Waals surface area contributed by atoms with Gasteiger partial charge < -0.3 is 9.64 Å². The van der Waals surface area contributed by atoms with Crippen molar-refractivity contribution in [1.82, 2.24) is 4.90 Å². The Hall–Kier alpha value is -0.570. The largest absolute Gasteiger partial charge is 0.357 e. The van der Waals surface area contributed by atoms with Gasteiger partial charge in [0.1, 0.15) is 6.23 Å². The molecule has 2 rings (SSSR count). The molecule has 0 spiro atoms. The molecule has 0 radical (unpaired) electrons. The van der Waals surface area contributed by atoms with Gasteiger partial charge in [0.25, 0.3) is 0 Å². The Morgan fingerprint density at radius 3 is 2.92 bits per heavy atom. The van der Waals surface area contributed by atoms with Crippen LogP contribution in [0.5, 0.6) is 0 Å². The van der Waals surface area contributed by atoms with Crippen molar-refractivity contribution >= 4 is 5.91 Å². The molecule has 0 aromatic heterocycles. The van der Waals surface area contributed by atoms with Crippen LogP contribution in [-0.4, -0.2) is 29.7 Å². The lowest BCUT2D eigenvalue weighted by molar-refractivity contribution is -0.166. The minimum Gasteiger partial charge on any atom is -0.357 e. The van der Waals surface area contributed by atoms with Crippen LogP contribution in [0.4, 0.5) is 0 Å². The number of rotatable bonds is 0. The fourth-order valence-electron chi connectivity index (χ4n) is 2.05. The van der Waals surface area contributed by atoms with E-state index in [4.69, 9.17) is 4.74 Å². The Bertz CT molecular complexity index is 205. The third kappa shape index (κ3) is 1.04. The fourth-order valence-corrected chi connectivity index (χ4v) is 2.05. The molecule has 12 heavy (non-hydrogen) atoms. The molecule has 0 aromatic rings. The SMILES string of the molecule is C[C@@H]1CCC2OC[C@H](C)C(=O)N21. The maximum atomic E-state index is 11.7. The second-order valence-corrected chi connectivity index (χ2v) is 3.86. The number of amides is 1. The smallest absolute Gasteiger partial charge is 0.230 e. The van der Waals surface area contributed by atoms with E-state index in [2.05, 4.69) is 6.92 Å². The molecular weight excluding hydrogens is 154 g/mol. The first-order valence-corrected chi connectivity index (χ1v) is 4.64. The van der Waals surface area contributed by atoms with Gasteiger partial charge in [0.15, 0.2) is 0 Å². The number of carbonyl (C=O) groups is 1. The molecule has 1 amide bonds. The Labute approximate surface area is 72.7 Å². The van der Waals surface area contributed by atoms with Crippen molar-refractivity contribution in [3.8, 4) is 0 Å². The molecule has 68 valence electrons. The summed E-state index contributed by atoms with van der Waals surface area (Å²) in [7, 11) is 0. The molecule has 0 N–H and O–H groups in total. The molecule has 2 heterocycles. The van der Waals surface area contributed by atoms with Crippen LogP contribution in [0.2, 0.25) is 0 Å².